The summed E-state index contributed by atoms with van der Waals surface area (Å²) < 4.78 is 0. The van der Waals surface area contributed by atoms with Crippen molar-refractivity contribution in [2.45, 2.75) is 58.4 Å². The number of nitriles is 1. The number of rotatable bonds is 1. The molecular formula is C16H24N2O. The summed E-state index contributed by atoms with van der Waals surface area (Å²) in [5, 5.41) is 19.5. The first-order chi connectivity index (χ1) is 8.48. The van der Waals surface area contributed by atoms with E-state index in [4.69, 9.17) is 11.0 Å². The van der Waals surface area contributed by atoms with Crippen LogP contribution in [0.3, 0.4) is 0 Å². The number of phenolic OH excluding ortho intramolecular Hbond substituents is 1. The summed E-state index contributed by atoms with van der Waals surface area (Å²) in [5.74, 6) is 0.314. The van der Waals surface area contributed by atoms with Gasteiger partial charge in [-0.1, -0.05) is 41.5 Å². The van der Waals surface area contributed by atoms with Crippen LogP contribution in [-0.4, -0.2) is 5.11 Å². The zero-order chi connectivity index (χ0) is 15.0. The van der Waals surface area contributed by atoms with Crippen molar-refractivity contribution in [1.29, 1.82) is 5.26 Å². The Morgan fingerprint density at radius 2 is 1.42 bits per heavy atom. The van der Waals surface area contributed by atoms with Crippen molar-refractivity contribution in [1.82, 2.24) is 0 Å². The average Bonchev–Trinajstić information content (AvgIpc) is 2.25. The van der Waals surface area contributed by atoms with Crippen molar-refractivity contribution in [3.63, 3.8) is 0 Å². The van der Waals surface area contributed by atoms with E-state index in [1.165, 1.54) is 0 Å². The van der Waals surface area contributed by atoms with Crippen molar-refractivity contribution < 1.29 is 5.11 Å². The Kier molecular flexibility index (Phi) is 3.97. The van der Waals surface area contributed by atoms with Gasteiger partial charge in [-0.25, -0.2) is 0 Å². The smallest absolute Gasteiger partial charge is 0.123 e. The highest BCUT2D eigenvalue weighted by Gasteiger charge is 2.27. The lowest BCUT2D eigenvalue weighted by Gasteiger charge is -2.28. The molecule has 3 nitrogen and oxygen atoms in total. The highest BCUT2D eigenvalue weighted by Crippen LogP contribution is 2.40. The maximum atomic E-state index is 10.5. The molecule has 0 spiro atoms. The summed E-state index contributed by atoms with van der Waals surface area (Å²) in [6.07, 6.45) is 0. The third kappa shape index (κ3) is 3.27. The van der Waals surface area contributed by atoms with Gasteiger partial charge in [-0.05, 0) is 39.7 Å². The number of hydrogen-bond donors (Lipinski definition) is 2. The van der Waals surface area contributed by atoms with Gasteiger partial charge < -0.3 is 10.8 Å². The van der Waals surface area contributed by atoms with Crippen LogP contribution in [0.25, 0.3) is 0 Å². The van der Waals surface area contributed by atoms with Crippen molar-refractivity contribution in [2.24, 2.45) is 5.73 Å². The summed E-state index contributed by atoms with van der Waals surface area (Å²) in [6.45, 7) is 12.2. The van der Waals surface area contributed by atoms with Crippen molar-refractivity contribution in [3.8, 4) is 11.8 Å². The lowest BCUT2D eigenvalue weighted by Crippen LogP contribution is -2.19. The van der Waals surface area contributed by atoms with E-state index < -0.39 is 6.04 Å². The molecule has 0 amide bonds. The first kappa shape index (κ1) is 15.5. The fourth-order valence-corrected chi connectivity index (χ4v) is 2.05. The fraction of sp³-hybridized carbons (Fsp3) is 0.562. The van der Waals surface area contributed by atoms with Gasteiger partial charge in [0.2, 0.25) is 0 Å². The molecule has 0 aliphatic rings. The van der Waals surface area contributed by atoms with Gasteiger partial charge in [0.05, 0.1) is 6.07 Å². The SMILES string of the molecule is CC(C)(C)c1cc(C(N)C#N)cc(C(C)(C)C)c1O. The third-order valence-corrected chi connectivity index (χ3v) is 3.25. The number of benzene rings is 1. The highest BCUT2D eigenvalue weighted by atomic mass is 16.3. The van der Waals surface area contributed by atoms with Crippen LogP contribution in [0.15, 0.2) is 12.1 Å². The van der Waals surface area contributed by atoms with Gasteiger partial charge in [0.15, 0.2) is 0 Å². The van der Waals surface area contributed by atoms with Crippen LogP contribution in [0.1, 0.15) is 64.3 Å². The van der Waals surface area contributed by atoms with Gasteiger partial charge in [0.25, 0.3) is 0 Å². The van der Waals surface area contributed by atoms with Gasteiger partial charge >= 0.3 is 0 Å². The number of aromatic hydroxyl groups is 1. The molecule has 3 heteroatoms. The maximum Gasteiger partial charge on any atom is 0.123 e. The second-order valence-corrected chi connectivity index (χ2v) is 7.07. The summed E-state index contributed by atoms with van der Waals surface area (Å²) >= 11 is 0. The maximum absolute atomic E-state index is 10.5. The fourth-order valence-electron chi connectivity index (χ4n) is 2.05. The summed E-state index contributed by atoms with van der Waals surface area (Å²) in [4.78, 5) is 0. The zero-order valence-electron chi connectivity index (χ0n) is 12.7. The molecule has 0 saturated heterocycles. The molecule has 19 heavy (non-hydrogen) atoms. The number of hydrogen-bond acceptors (Lipinski definition) is 3. The molecule has 0 aromatic heterocycles. The molecule has 1 atom stereocenters. The molecular weight excluding hydrogens is 236 g/mol. The minimum Gasteiger partial charge on any atom is -0.507 e. The van der Waals surface area contributed by atoms with E-state index >= 15 is 0 Å². The molecule has 0 saturated carbocycles. The standard InChI is InChI=1S/C16H24N2O/c1-15(2,3)11-7-10(13(18)9-17)8-12(14(11)19)16(4,5)6/h7-8,13,19H,18H2,1-6H3. The van der Waals surface area contributed by atoms with E-state index in [2.05, 4.69) is 6.07 Å². The van der Waals surface area contributed by atoms with Crippen LogP contribution in [0.2, 0.25) is 0 Å². The van der Waals surface area contributed by atoms with Gasteiger partial charge in [0.1, 0.15) is 11.8 Å². The van der Waals surface area contributed by atoms with Crippen LogP contribution in [-0.2, 0) is 10.8 Å². The van der Waals surface area contributed by atoms with Crippen LogP contribution < -0.4 is 5.73 Å². The molecule has 1 aromatic rings. The molecule has 1 unspecified atom stereocenters. The van der Waals surface area contributed by atoms with Crippen molar-refractivity contribution >= 4 is 0 Å². The van der Waals surface area contributed by atoms with Crippen molar-refractivity contribution in [2.75, 3.05) is 0 Å². The minimum absolute atomic E-state index is 0.199. The number of nitrogens with zero attached hydrogens (tertiary/aromatic N) is 1. The lowest BCUT2D eigenvalue weighted by atomic mass is 9.78. The number of nitrogens with two attached hydrogens (primary N) is 1. The summed E-state index contributed by atoms with van der Waals surface area (Å²) in [7, 11) is 0. The monoisotopic (exact) mass is 260 g/mol. The predicted molar refractivity (Wildman–Crippen MR) is 78.0 cm³/mol. The Balaban J connectivity index is 3.63. The molecule has 0 aliphatic heterocycles. The quantitative estimate of drug-likeness (QED) is 0.811. The van der Waals surface area contributed by atoms with E-state index in [0.717, 1.165) is 16.7 Å². The van der Waals surface area contributed by atoms with E-state index in [0.29, 0.717) is 5.75 Å². The molecule has 104 valence electrons. The third-order valence-electron chi connectivity index (χ3n) is 3.25. The van der Waals surface area contributed by atoms with Gasteiger partial charge in [-0.15, -0.1) is 0 Å². The molecule has 0 radical (unpaired) electrons. The Bertz CT molecular complexity index is 478. The van der Waals surface area contributed by atoms with E-state index in [-0.39, 0.29) is 10.8 Å². The average molecular weight is 260 g/mol. The molecule has 3 N–H and O–H groups in total. The topological polar surface area (TPSA) is 70.0 Å². The first-order valence-corrected chi connectivity index (χ1v) is 6.51. The van der Waals surface area contributed by atoms with E-state index in [1.54, 1.807) is 0 Å². The molecule has 0 bridgehead atoms. The molecule has 1 aromatic carbocycles. The highest BCUT2D eigenvalue weighted by molar-refractivity contribution is 5.51. The Labute approximate surface area is 116 Å². The van der Waals surface area contributed by atoms with E-state index in [1.807, 2.05) is 53.7 Å². The second-order valence-electron chi connectivity index (χ2n) is 7.07. The first-order valence-electron chi connectivity index (χ1n) is 6.51. The Hall–Kier alpha value is -1.53. The van der Waals surface area contributed by atoms with E-state index in [9.17, 15) is 5.11 Å². The van der Waals surface area contributed by atoms with Crippen LogP contribution >= 0.6 is 0 Å². The number of phenols is 1. The van der Waals surface area contributed by atoms with Crippen LogP contribution in [0.5, 0.6) is 5.75 Å². The normalized spacial score (nSPS) is 14.0. The molecule has 0 fully saturated rings. The summed E-state index contributed by atoms with van der Waals surface area (Å²) in [5.41, 5.74) is 7.85. The van der Waals surface area contributed by atoms with Gasteiger partial charge in [-0.3, -0.25) is 0 Å². The predicted octanol–water partition coefficient (Wildman–Crippen LogP) is 3.51. The molecule has 1 rings (SSSR count). The van der Waals surface area contributed by atoms with Crippen molar-refractivity contribution in [3.05, 3.63) is 28.8 Å². The Morgan fingerprint density at radius 1 is 1.05 bits per heavy atom. The van der Waals surface area contributed by atoms with Gasteiger partial charge in [0, 0.05) is 0 Å². The zero-order valence-corrected chi connectivity index (χ0v) is 12.7. The Morgan fingerprint density at radius 3 is 1.68 bits per heavy atom. The second kappa shape index (κ2) is 4.86. The molecule has 0 aliphatic carbocycles. The summed E-state index contributed by atoms with van der Waals surface area (Å²) in [6, 6.07) is 5.08. The largest absolute Gasteiger partial charge is 0.507 e. The minimum atomic E-state index is -0.664. The van der Waals surface area contributed by atoms with Gasteiger partial charge in [-0.2, -0.15) is 5.26 Å². The van der Waals surface area contributed by atoms with Crippen LogP contribution in [0, 0.1) is 11.3 Å². The lowest BCUT2D eigenvalue weighted by molar-refractivity contribution is 0.422. The van der Waals surface area contributed by atoms with Crippen LogP contribution in [0.4, 0.5) is 0 Å². The molecule has 0 heterocycles.